The van der Waals surface area contributed by atoms with E-state index in [9.17, 15) is 19.2 Å². The first kappa shape index (κ1) is 19.7. The van der Waals surface area contributed by atoms with Gasteiger partial charge in [0.2, 0.25) is 0 Å². The molecule has 1 fully saturated rings. The maximum absolute atomic E-state index is 13.1. The monoisotopic (exact) mass is 385 g/mol. The van der Waals surface area contributed by atoms with E-state index in [1.165, 1.54) is 29.1 Å². The summed E-state index contributed by atoms with van der Waals surface area (Å²) in [4.78, 5) is 54.4. The molecular formula is C20H23N3O5. The van der Waals surface area contributed by atoms with E-state index in [-0.39, 0.29) is 17.8 Å². The zero-order valence-electron chi connectivity index (χ0n) is 15.7. The van der Waals surface area contributed by atoms with Crippen LogP contribution in [0.2, 0.25) is 0 Å². The normalized spacial score (nSPS) is 15.5. The van der Waals surface area contributed by atoms with Gasteiger partial charge in [-0.3, -0.25) is 24.1 Å². The molecule has 1 aliphatic rings. The summed E-state index contributed by atoms with van der Waals surface area (Å²) >= 11 is 0. The smallest absolute Gasteiger partial charge is 0.337 e. The van der Waals surface area contributed by atoms with Crippen LogP contribution in [0.4, 0.5) is 0 Å². The minimum absolute atomic E-state index is 0.0120. The molecule has 0 amide bonds. The number of aromatic amines is 1. The first-order chi connectivity index (χ1) is 13.3. The number of Topliss-reactive ketones (excluding diaryl/α,β-unsaturated/α-hetero) is 1. The average Bonchev–Trinajstić information content (AvgIpc) is 3.16. The Labute approximate surface area is 161 Å². The number of hydrogen-bond donors (Lipinski definition) is 2. The Morgan fingerprint density at radius 1 is 1.29 bits per heavy atom. The molecule has 0 radical (unpaired) electrons. The zero-order valence-corrected chi connectivity index (χ0v) is 15.7. The molecule has 8 heteroatoms. The van der Waals surface area contributed by atoms with Gasteiger partial charge in [-0.25, -0.2) is 9.59 Å². The molecule has 148 valence electrons. The second kappa shape index (κ2) is 8.33. The predicted octanol–water partition coefficient (Wildman–Crippen LogP) is 1.87. The molecule has 1 aliphatic carbocycles. The van der Waals surface area contributed by atoms with Crippen molar-refractivity contribution in [2.24, 2.45) is 5.92 Å². The van der Waals surface area contributed by atoms with Gasteiger partial charge in [-0.2, -0.15) is 0 Å². The molecule has 0 aromatic carbocycles. The van der Waals surface area contributed by atoms with E-state index in [1.54, 1.807) is 6.92 Å². The lowest BCUT2D eigenvalue weighted by atomic mass is 9.93. The highest BCUT2D eigenvalue weighted by atomic mass is 16.4. The molecular weight excluding hydrogens is 362 g/mol. The van der Waals surface area contributed by atoms with E-state index >= 15 is 0 Å². The second-order valence-electron chi connectivity index (χ2n) is 7.37. The maximum atomic E-state index is 13.1. The number of H-pyrrole nitrogens is 1. The third-order valence-corrected chi connectivity index (χ3v) is 5.31. The summed E-state index contributed by atoms with van der Waals surface area (Å²) in [6.45, 7) is 1.60. The molecule has 1 atom stereocenters. The number of pyridine rings is 1. The number of aromatic carboxylic acids is 1. The summed E-state index contributed by atoms with van der Waals surface area (Å²) in [6, 6.07) is 2.22. The maximum Gasteiger partial charge on any atom is 0.337 e. The Morgan fingerprint density at radius 3 is 2.61 bits per heavy atom. The largest absolute Gasteiger partial charge is 0.478 e. The molecule has 0 spiro atoms. The van der Waals surface area contributed by atoms with Gasteiger partial charge in [0, 0.05) is 23.7 Å². The minimum atomic E-state index is -1.08. The van der Waals surface area contributed by atoms with E-state index in [0.29, 0.717) is 23.6 Å². The molecule has 3 rings (SSSR count). The summed E-state index contributed by atoms with van der Waals surface area (Å²) in [5, 5.41) is 8.96. The van der Waals surface area contributed by atoms with Gasteiger partial charge in [-0.1, -0.05) is 25.7 Å². The van der Waals surface area contributed by atoms with Gasteiger partial charge in [0.15, 0.2) is 5.78 Å². The van der Waals surface area contributed by atoms with Crippen molar-refractivity contribution in [2.75, 3.05) is 0 Å². The molecule has 2 heterocycles. The summed E-state index contributed by atoms with van der Waals surface area (Å²) < 4.78 is 1.32. The zero-order chi connectivity index (χ0) is 20.3. The fraction of sp³-hybridized carbons (Fsp3) is 0.450. The van der Waals surface area contributed by atoms with Crippen molar-refractivity contribution in [3.8, 4) is 0 Å². The van der Waals surface area contributed by atoms with Crippen molar-refractivity contribution in [1.82, 2.24) is 14.5 Å². The number of carboxylic acid groups (broad SMARTS) is 1. The Hall–Kier alpha value is -3.03. The molecule has 2 aromatic rings. The van der Waals surface area contributed by atoms with Crippen molar-refractivity contribution in [1.29, 1.82) is 0 Å². The van der Waals surface area contributed by atoms with Crippen molar-refractivity contribution < 1.29 is 14.7 Å². The Bertz CT molecular complexity index is 984. The van der Waals surface area contributed by atoms with E-state index in [0.717, 1.165) is 25.7 Å². The van der Waals surface area contributed by atoms with Gasteiger partial charge in [0.05, 0.1) is 18.0 Å². The van der Waals surface area contributed by atoms with Gasteiger partial charge < -0.3 is 5.11 Å². The van der Waals surface area contributed by atoms with Crippen LogP contribution in [-0.2, 0) is 11.2 Å². The Morgan fingerprint density at radius 2 is 2.00 bits per heavy atom. The van der Waals surface area contributed by atoms with Crippen LogP contribution in [0.5, 0.6) is 0 Å². The van der Waals surface area contributed by atoms with Crippen molar-refractivity contribution in [3.05, 3.63) is 62.2 Å². The van der Waals surface area contributed by atoms with Crippen LogP contribution >= 0.6 is 0 Å². The number of carbonyl (C=O) groups is 2. The molecule has 0 saturated heterocycles. The number of nitrogens with one attached hydrogen (secondary N) is 1. The molecule has 1 saturated carbocycles. The molecule has 0 aliphatic heterocycles. The van der Waals surface area contributed by atoms with E-state index < -0.39 is 23.3 Å². The van der Waals surface area contributed by atoms with Crippen molar-refractivity contribution in [2.45, 2.75) is 51.5 Å². The predicted molar refractivity (Wildman–Crippen MR) is 102 cm³/mol. The van der Waals surface area contributed by atoms with Gasteiger partial charge in [0.1, 0.15) is 0 Å². The molecule has 2 N–H and O–H groups in total. The van der Waals surface area contributed by atoms with Gasteiger partial charge in [0.25, 0.3) is 5.56 Å². The fourth-order valence-electron chi connectivity index (χ4n) is 3.73. The number of carbonyl (C=O) groups excluding carboxylic acids is 1. The number of aromatic nitrogens is 3. The molecule has 2 aromatic heterocycles. The third-order valence-electron chi connectivity index (χ3n) is 5.31. The fourth-order valence-corrected chi connectivity index (χ4v) is 3.73. The minimum Gasteiger partial charge on any atom is -0.478 e. The molecule has 28 heavy (non-hydrogen) atoms. The third kappa shape index (κ3) is 4.44. The second-order valence-corrected chi connectivity index (χ2v) is 7.37. The van der Waals surface area contributed by atoms with Gasteiger partial charge in [-0.15, -0.1) is 0 Å². The first-order valence-corrected chi connectivity index (χ1v) is 9.38. The quantitative estimate of drug-likeness (QED) is 0.750. The van der Waals surface area contributed by atoms with Crippen molar-refractivity contribution in [3.63, 3.8) is 0 Å². The number of hydrogen-bond acceptors (Lipinski definition) is 5. The van der Waals surface area contributed by atoms with E-state index in [1.807, 2.05) is 0 Å². The number of nitrogens with zero attached hydrogens (tertiary/aromatic N) is 2. The Balaban J connectivity index is 1.88. The lowest BCUT2D eigenvalue weighted by Gasteiger charge is -2.22. The summed E-state index contributed by atoms with van der Waals surface area (Å²) in [6.07, 6.45) is 7.46. The number of carboxylic acids is 1. The summed E-state index contributed by atoms with van der Waals surface area (Å²) in [5.74, 6) is -0.911. The van der Waals surface area contributed by atoms with Gasteiger partial charge in [-0.05, 0) is 31.4 Å². The van der Waals surface area contributed by atoms with Crippen LogP contribution in [0, 0.1) is 12.8 Å². The average molecular weight is 385 g/mol. The molecule has 0 bridgehead atoms. The highest BCUT2D eigenvalue weighted by molar-refractivity contribution is 5.87. The number of aryl methyl sites for hydroxylation is 1. The van der Waals surface area contributed by atoms with Crippen molar-refractivity contribution >= 4 is 11.8 Å². The van der Waals surface area contributed by atoms with Crippen LogP contribution in [0.3, 0.4) is 0 Å². The lowest BCUT2D eigenvalue weighted by Crippen LogP contribution is -2.37. The van der Waals surface area contributed by atoms with Crippen LogP contribution < -0.4 is 11.2 Å². The first-order valence-electron chi connectivity index (χ1n) is 9.38. The van der Waals surface area contributed by atoms with E-state index in [4.69, 9.17) is 5.11 Å². The molecule has 8 nitrogen and oxygen atoms in total. The van der Waals surface area contributed by atoms with E-state index in [2.05, 4.69) is 9.97 Å². The summed E-state index contributed by atoms with van der Waals surface area (Å²) in [5.41, 5.74) is -0.195. The van der Waals surface area contributed by atoms with Crippen LogP contribution in [0.1, 0.15) is 59.8 Å². The molecule has 1 unspecified atom stereocenters. The lowest BCUT2D eigenvalue weighted by molar-refractivity contribution is -0.122. The Kier molecular flexibility index (Phi) is 5.87. The number of rotatable bonds is 7. The number of ketones is 1. The van der Waals surface area contributed by atoms with Crippen LogP contribution in [-0.4, -0.2) is 31.4 Å². The SMILES string of the molecule is Cc1cn(C(CC2CCCC2)C(=O)Cc2ccc(C(=O)O)cn2)c(=O)[nH]c1=O. The highest BCUT2D eigenvalue weighted by Crippen LogP contribution is 2.32. The van der Waals surface area contributed by atoms with Crippen LogP contribution in [0.25, 0.3) is 0 Å². The standard InChI is InChI=1S/C20H23N3O5/c1-12-11-23(20(28)22-18(12)25)16(8-13-4-2-3-5-13)17(24)9-15-7-6-14(10-21-15)19(26)27/h6-7,10-11,13,16H,2-5,8-9H2,1H3,(H,26,27)(H,22,25,28). The topological polar surface area (TPSA) is 122 Å². The van der Waals surface area contributed by atoms with Gasteiger partial charge >= 0.3 is 11.7 Å². The van der Waals surface area contributed by atoms with Crippen LogP contribution in [0.15, 0.2) is 34.1 Å². The highest BCUT2D eigenvalue weighted by Gasteiger charge is 2.28. The summed E-state index contributed by atoms with van der Waals surface area (Å²) in [7, 11) is 0.